The predicted molar refractivity (Wildman–Crippen MR) is 108 cm³/mol. The van der Waals surface area contributed by atoms with Crippen LogP contribution < -0.4 is 10.2 Å². The van der Waals surface area contributed by atoms with E-state index in [1.165, 1.54) is 4.70 Å². The first kappa shape index (κ1) is 17.8. The van der Waals surface area contributed by atoms with Crippen LogP contribution >= 0.6 is 11.3 Å². The number of nitrogens with zero attached hydrogens (tertiary/aromatic N) is 5. The lowest BCUT2D eigenvalue weighted by molar-refractivity contribution is 0.193. The second kappa shape index (κ2) is 7.96. The van der Waals surface area contributed by atoms with Crippen molar-refractivity contribution in [1.29, 1.82) is 0 Å². The lowest BCUT2D eigenvalue weighted by Crippen LogP contribution is -2.51. The van der Waals surface area contributed by atoms with Crippen molar-refractivity contribution in [3.8, 4) is 0 Å². The largest absolute Gasteiger partial charge is 0.345 e. The molecule has 4 rings (SSSR count). The Kier molecular flexibility index (Phi) is 5.24. The van der Waals surface area contributed by atoms with Crippen molar-refractivity contribution in [3.63, 3.8) is 0 Å². The summed E-state index contributed by atoms with van der Waals surface area (Å²) in [5.41, 5.74) is 1.04. The molecule has 7 nitrogen and oxygen atoms in total. The summed E-state index contributed by atoms with van der Waals surface area (Å²) in [6, 6.07) is 8.17. The summed E-state index contributed by atoms with van der Waals surface area (Å²) in [5, 5.41) is 4.04. The Bertz CT molecular complexity index is 879. The van der Waals surface area contributed by atoms with E-state index in [4.69, 9.17) is 4.98 Å². The molecule has 1 aliphatic heterocycles. The van der Waals surface area contributed by atoms with Gasteiger partial charge >= 0.3 is 6.03 Å². The van der Waals surface area contributed by atoms with E-state index in [1.54, 1.807) is 17.5 Å². The lowest BCUT2D eigenvalue weighted by atomic mass is 10.3. The maximum Gasteiger partial charge on any atom is 0.317 e. The third kappa shape index (κ3) is 3.90. The number of anilines is 1. The van der Waals surface area contributed by atoms with Gasteiger partial charge in [0.2, 0.25) is 0 Å². The van der Waals surface area contributed by atoms with Crippen molar-refractivity contribution < 1.29 is 4.79 Å². The first-order chi connectivity index (χ1) is 13.2. The zero-order chi connectivity index (χ0) is 18.6. The van der Waals surface area contributed by atoms with Crippen LogP contribution in [-0.4, -0.2) is 51.6 Å². The number of carbonyl (C=O) groups is 1. The molecule has 27 heavy (non-hydrogen) atoms. The summed E-state index contributed by atoms with van der Waals surface area (Å²) in [7, 11) is 0. The smallest absolute Gasteiger partial charge is 0.317 e. The minimum absolute atomic E-state index is 0.0231. The van der Waals surface area contributed by atoms with Gasteiger partial charge in [-0.2, -0.15) is 0 Å². The predicted octanol–water partition coefficient (Wildman–Crippen LogP) is 2.93. The van der Waals surface area contributed by atoms with Gasteiger partial charge in [-0.25, -0.2) is 14.8 Å². The number of para-hydroxylation sites is 1. The topological polar surface area (TPSA) is 66.3 Å². The number of carbonyl (C=O) groups excluding carboxylic acids is 1. The molecule has 8 heteroatoms. The molecule has 2 aromatic heterocycles. The number of aryl methyl sites for hydroxylation is 1. The molecule has 1 saturated heterocycles. The number of fused-ring (bicyclic) bond motifs is 1. The van der Waals surface area contributed by atoms with Gasteiger partial charge in [-0.05, 0) is 18.6 Å². The number of urea groups is 1. The van der Waals surface area contributed by atoms with Gasteiger partial charge in [-0.3, -0.25) is 0 Å². The molecule has 3 heterocycles. The fourth-order valence-corrected chi connectivity index (χ4v) is 4.33. The van der Waals surface area contributed by atoms with Crippen LogP contribution in [0.25, 0.3) is 10.2 Å². The number of hydrogen-bond acceptors (Lipinski definition) is 5. The first-order valence-corrected chi connectivity index (χ1v) is 10.2. The normalized spacial score (nSPS) is 14.7. The SMILES string of the molecule is CCCn1ccnc1CNC(=O)N1CCN(c2nc3ccccc3s2)CC1. The van der Waals surface area contributed by atoms with Crippen molar-refractivity contribution in [3.05, 3.63) is 42.5 Å². The van der Waals surface area contributed by atoms with Crippen LogP contribution in [0.15, 0.2) is 36.7 Å². The summed E-state index contributed by atoms with van der Waals surface area (Å²) in [6.07, 6.45) is 4.79. The molecule has 0 bridgehead atoms. The third-order valence-electron chi connectivity index (χ3n) is 4.78. The van der Waals surface area contributed by atoms with Crippen molar-refractivity contribution in [2.24, 2.45) is 0 Å². The molecule has 2 amide bonds. The monoisotopic (exact) mass is 384 g/mol. The van der Waals surface area contributed by atoms with Gasteiger partial charge in [-0.15, -0.1) is 0 Å². The van der Waals surface area contributed by atoms with E-state index in [2.05, 4.69) is 32.8 Å². The summed E-state index contributed by atoms with van der Waals surface area (Å²) < 4.78 is 3.29. The van der Waals surface area contributed by atoms with Crippen LogP contribution in [0.3, 0.4) is 0 Å². The first-order valence-electron chi connectivity index (χ1n) is 9.38. The Morgan fingerprint density at radius 2 is 2.04 bits per heavy atom. The molecular formula is C19H24N6OS. The molecule has 0 radical (unpaired) electrons. The average Bonchev–Trinajstić information content (AvgIpc) is 3.33. The van der Waals surface area contributed by atoms with Gasteiger partial charge in [0, 0.05) is 45.1 Å². The van der Waals surface area contributed by atoms with E-state index >= 15 is 0 Å². The van der Waals surface area contributed by atoms with Gasteiger partial charge in [0.15, 0.2) is 5.13 Å². The molecule has 1 N–H and O–H groups in total. The van der Waals surface area contributed by atoms with Crippen molar-refractivity contribution in [2.45, 2.75) is 26.4 Å². The fourth-order valence-electron chi connectivity index (χ4n) is 3.31. The van der Waals surface area contributed by atoms with E-state index in [0.29, 0.717) is 19.6 Å². The van der Waals surface area contributed by atoms with E-state index in [9.17, 15) is 4.79 Å². The van der Waals surface area contributed by atoms with Crippen molar-refractivity contribution in [2.75, 3.05) is 31.1 Å². The third-order valence-corrected chi connectivity index (χ3v) is 5.88. The number of nitrogens with one attached hydrogen (secondary N) is 1. The summed E-state index contributed by atoms with van der Waals surface area (Å²) in [6.45, 7) is 6.52. The van der Waals surface area contributed by atoms with Gasteiger partial charge in [0.1, 0.15) is 5.82 Å². The number of amides is 2. The number of imidazole rings is 1. The number of aromatic nitrogens is 3. The van der Waals surface area contributed by atoms with Crippen LogP contribution in [0.5, 0.6) is 0 Å². The molecular weight excluding hydrogens is 360 g/mol. The van der Waals surface area contributed by atoms with Gasteiger partial charge < -0.3 is 19.7 Å². The highest BCUT2D eigenvalue weighted by atomic mass is 32.1. The minimum Gasteiger partial charge on any atom is -0.345 e. The van der Waals surface area contributed by atoms with Gasteiger partial charge in [0.25, 0.3) is 0 Å². The molecule has 0 saturated carbocycles. The van der Waals surface area contributed by atoms with E-state index < -0.39 is 0 Å². The highest BCUT2D eigenvalue weighted by Crippen LogP contribution is 2.29. The molecule has 142 valence electrons. The number of benzene rings is 1. The molecule has 1 aromatic carbocycles. The number of piperazine rings is 1. The number of rotatable bonds is 5. The summed E-state index contributed by atoms with van der Waals surface area (Å²) in [4.78, 5) is 25.7. The highest BCUT2D eigenvalue weighted by molar-refractivity contribution is 7.22. The second-order valence-electron chi connectivity index (χ2n) is 6.63. The molecule has 1 fully saturated rings. The fraction of sp³-hybridized carbons (Fsp3) is 0.421. The van der Waals surface area contributed by atoms with Crippen LogP contribution in [-0.2, 0) is 13.1 Å². The Hall–Kier alpha value is -2.61. The maximum absolute atomic E-state index is 12.5. The Morgan fingerprint density at radius 3 is 2.81 bits per heavy atom. The van der Waals surface area contributed by atoms with E-state index in [1.807, 2.05) is 29.3 Å². The average molecular weight is 385 g/mol. The number of thiazole rings is 1. The van der Waals surface area contributed by atoms with E-state index in [0.717, 1.165) is 42.5 Å². The quantitative estimate of drug-likeness (QED) is 0.734. The van der Waals surface area contributed by atoms with Gasteiger partial charge in [0.05, 0.1) is 16.8 Å². The zero-order valence-electron chi connectivity index (χ0n) is 15.5. The zero-order valence-corrected chi connectivity index (χ0v) is 16.3. The second-order valence-corrected chi connectivity index (χ2v) is 7.64. The van der Waals surface area contributed by atoms with Crippen LogP contribution in [0.4, 0.5) is 9.93 Å². The van der Waals surface area contributed by atoms with Crippen molar-refractivity contribution in [1.82, 2.24) is 24.8 Å². The van der Waals surface area contributed by atoms with Crippen molar-refractivity contribution >= 4 is 32.7 Å². The Balaban J connectivity index is 1.30. The molecule has 0 aliphatic carbocycles. The number of hydrogen-bond donors (Lipinski definition) is 1. The summed E-state index contributed by atoms with van der Waals surface area (Å²) in [5.74, 6) is 0.901. The lowest BCUT2D eigenvalue weighted by Gasteiger charge is -2.34. The minimum atomic E-state index is -0.0231. The van der Waals surface area contributed by atoms with Crippen LogP contribution in [0.2, 0.25) is 0 Å². The van der Waals surface area contributed by atoms with Gasteiger partial charge in [-0.1, -0.05) is 30.4 Å². The Labute approximate surface area is 162 Å². The molecule has 3 aromatic rings. The molecule has 0 atom stereocenters. The maximum atomic E-state index is 12.5. The molecule has 0 unspecified atom stereocenters. The van der Waals surface area contributed by atoms with E-state index in [-0.39, 0.29) is 6.03 Å². The Morgan fingerprint density at radius 1 is 1.22 bits per heavy atom. The molecule has 1 aliphatic rings. The van der Waals surface area contributed by atoms with Crippen LogP contribution in [0, 0.1) is 0 Å². The highest BCUT2D eigenvalue weighted by Gasteiger charge is 2.23. The summed E-state index contributed by atoms with van der Waals surface area (Å²) >= 11 is 1.71. The molecule has 0 spiro atoms. The van der Waals surface area contributed by atoms with Crippen LogP contribution in [0.1, 0.15) is 19.2 Å². The standard InChI is InChI=1S/C19H24N6OS/c1-2-8-23-9-7-20-17(23)14-21-18(26)24-10-12-25(13-11-24)19-22-15-5-3-4-6-16(15)27-19/h3-7,9H,2,8,10-14H2,1H3,(H,21,26).